The molecule has 2 N–H and O–H groups in total. The van der Waals surface area contributed by atoms with Crippen molar-refractivity contribution < 1.29 is 9.59 Å². The molecule has 2 amide bonds. The predicted octanol–water partition coefficient (Wildman–Crippen LogP) is 2.94. The zero-order chi connectivity index (χ0) is 25.6. The van der Waals surface area contributed by atoms with E-state index >= 15 is 0 Å². The molecule has 2 aliphatic heterocycles. The lowest BCUT2D eigenvalue weighted by Crippen LogP contribution is -2.54. The third-order valence-electron chi connectivity index (χ3n) is 8.20. The lowest BCUT2D eigenvalue weighted by atomic mass is 9.89. The lowest BCUT2D eigenvalue weighted by molar-refractivity contribution is 0.0797. The van der Waals surface area contributed by atoms with Gasteiger partial charge in [-0.1, -0.05) is 30.4 Å². The summed E-state index contributed by atoms with van der Waals surface area (Å²) in [6.45, 7) is 7.21. The lowest BCUT2D eigenvalue weighted by Gasteiger charge is -2.44. The maximum Gasteiger partial charge on any atom is 0.257 e. The molecule has 1 saturated heterocycles. The van der Waals surface area contributed by atoms with Gasteiger partial charge in [-0.05, 0) is 61.7 Å². The summed E-state index contributed by atoms with van der Waals surface area (Å²) in [5.74, 6) is -0.160. The van der Waals surface area contributed by atoms with Gasteiger partial charge in [0.15, 0.2) is 0 Å². The minimum Gasteiger partial charge on any atom is -0.352 e. The van der Waals surface area contributed by atoms with Crippen molar-refractivity contribution in [2.24, 2.45) is 0 Å². The number of nitrogens with zero attached hydrogens (tertiary/aromatic N) is 3. The van der Waals surface area contributed by atoms with E-state index in [4.69, 9.17) is 0 Å². The van der Waals surface area contributed by atoms with Gasteiger partial charge in [-0.3, -0.25) is 19.5 Å². The normalized spacial score (nSPS) is 23.6. The summed E-state index contributed by atoms with van der Waals surface area (Å²) in [5.41, 5.74) is 7.28. The molecule has 1 atom stereocenters. The highest BCUT2D eigenvalue weighted by atomic mass is 16.2. The van der Waals surface area contributed by atoms with Crippen molar-refractivity contribution >= 4 is 17.4 Å². The Bertz CT molecular complexity index is 1370. The minimum atomic E-state index is -0.150. The number of likely N-dealkylation sites (N-methyl/N-ethyl adjacent to an activating group) is 1. The summed E-state index contributed by atoms with van der Waals surface area (Å²) in [7, 11) is 2.17. The van der Waals surface area contributed by atoms with Crippen LogP contribution < -0.4 is 10.6 Å². The largest absolute Gasteiger partial charge is 0.352 e. The average molecular weight is 496 g/mol. The van der Waals surface area contributed by atoms with Crippen LogP contribution in [0.25, 0.3) is 5.57 Å². The van der Waals surface area contributed by atoms with Crippen LogP contribution in [-0.4, -0.2) is 71.9 Å². The van der Waals surface area contributed by atoms with Crippen molar-refractivity contribution in [1.82, 2.24) is 25.4 Å². The second kappa shape index (κ2) is 9.39. The van der Waals surface area contributed by atoms with Crippen LogP contribution in [0.1, 0.15) is 56.4 Å². The van der Waals surface area contributed by atoms with Gasteiger partial charge >= 0.3 is 0 Å². The first kappa shape index (κ1) is 23.8. The number of hydrogen-bond acceptors (Lipinski definition) is 5. The van der Waals surface area contributed by atoms with E-state index in [0.29, 0.717) is 12.1 Å². The highest BCUT2D eigenvalue weighted by molar-refractivity contribution is 5.99. The van der Waals surface area contributed by atoms with Gasteiger partial charge in [0, 0.05) is 67.7 Å². The molecule has 2 aliphatic carbocycles. The number of allylic oxidation sites excluding steroid dienone is 2. The van der Waals surface area contributed by atoms with Gasteiger partial charge in [-0.25, -0.2) is 0 Å². The Kier molecular flexibility index (Phi) is 6.05. The predicted molar refractivity (Wildman–Crippen MR) is 144 cm³/mol. The molecule has 1 fully saturated rings. The minimum absolute atomic E-state index is 0.0101. The summed E-state index contributed by atoms with van der Waals surface area (Å²) in [4.78, 5) is 34.8. The van der Waals surface area contributed by atoms with Crippen LogP contribution in [0.5, 0.6) is 0 Å². The zero-order valence-electron chi connectivity index (χ0n) is 21.5. The molecule has 190 valence electrons. The average Bonchev–Trinajstić information content (AvgIpc) is 3.34. The monoisotopic (exact) mass is 495 g/mol. The second-order valence-electron chi connectivity index (χ2n) is 10.7. The van der Waals surface area contributed by atoms with E-state index in [-0.39, 0.29) is 17.4 Å². The summed E-state index contributed by atoms with van der Waals surface area (Å²) >= 11 is 0. The molecule has 1 aromatic carbocycles. The fourth-order valence-corrected chi connectivity index (χ4v) is 5.76. The van der Waals surface area contributed by atoms with Crippen molar-refractivity contribution in [3.63, 3.8) is 0 Å². The first-order valence-electron chi connectivity index (χ1n) is 13.1. The summed E-state index contributed by atoms with van der Waals surface area (Å²) < 4.78 is 0. The highest BCUT2D eigenvalue weighted by Crippen LogP contribution is 2.34. The SMILES string of the molecule is CN1CCN(C2(C)C=CC(NC(=O)c3cnc4c(c3)C(c3ccc5c(c3)CCNC5=O)=CC4)=CC2)CC1. The van der Waals surface area contributed by atoms with Crippen LogP contribution in [0, 0.1) is 0 Å². The van der Waals surface area contributed by atoms with E-state index in [9.17, 15) is 9.59 Å². The Hall–Kier alpha value is -3.55. The van der Waals surface area contributed by atoms with Gasteiger partial charge in [0.25, 0.3) is 11.8 Å². The summed E-state index contributed by atoms with van der Waals surface area (Å²) in [5, 5.41) is 5.98. The first-order valence-corrected chi connectivity index (χ1v) is 13.1. The smallest absolute Gasteiger partial charge is 0.257 e. The quantitative estimate of drug-likeness (QED) is 0.682. The molecule has 0 spiro atoms. The number of carbonyl (C=O) groups is 2. The Morgan fingerprint density at radius 3 is 2.73 bits per heavy atom. The van der Waals surface area contributed by atoms with Gasteiger partial charge in [0.1, 0.15) is 0 Å². The maximum atomic E-state index is 13.2. The fraction of sp³-hybridized carbons (Fsp3) is 0.367. The Balaban J connectivity index is 1.16. The third kappa shape index (κ3) is 4.54. The molecule has 1 unspecified atom stereocenters. The van der Waals surface area contributed by atoms with E-state index < -0.39 is 0 Å². The van der Waals surface area contributed by atoms with Crippen molar-refractivity contribution in [2.45, 2.75) is 31.7 Å². The molecule has 7 nitrogen and oxygen atoms in total. The second-order valence-corrected chi connectivity index (χ2v) is 10.7. The molecule has 1 aromatic heterocycles. The first-order chi connectivity index (χ1) is 17.9. The zero-order valence-corrected chi connectivity index (χ0v) is 21.5. The molecule has 4 aliphatic rings. The Morgan fingerprint density at radius 2 is 1.95 bits per heavy atom. The number of nitrogens with one attached hydrogen (secondary N) is 2. The molecule has 7 heteroatoms. The summed E-state index contributed by atoms with van der Waals surface area (Å²) in [6.07, 6.45) is 12.7. The number of rotatable bonds is 4. The molecule has 37 heavy (non-hydrogen) atoms. The molecule has 3 heterocycles. The van der Waals surface area contributed by atoms with Crippen molar-refractivity contribution in [1.29, 1.82) is 0 Å². The van der Waals surface area contributed by atoms with E-state index in [1.807, 2.05) is 24.3 Å². The highest BCUT2D eigenvalue weighted by Gasteiger charge is 2.32. The molecule has 2 aromatic rings. The van der Waals surface area contributed by atoms with E-state index in [1.54, 1.807) is 6.20 Å². The fourth-order valence-electron chi connectivity index (χ4n) is 5.76. The summed E-state index contributed by atoms with van der Waals surface area (Å²) in [6, 6.07) is 7.95. The van der Waals surface area contributed by atoms with Crippen molar-refractivity contribution in [2.75, 3.05) is 39.8 Å². The van der Waals surface area contributed by atoms with Crippen molar-refractivity contribution in [3.8, 4) is 0 Å². The van der Waals surface area contributed by atoms with E-state index in [2.05, 4.69) is 63.7 Å². The van der Waals surface area contributed by atoms with Crippen LogP contribution in [-0.2, 0) is 12.8 Å². The van der Waals surface area contributed by atoms with E-state index in [0.717, 1.165) is 84.7 Å². The number of benzene rings is 1. The van der Waals surface area contributed by atoms with Gasteiger partial charge < -0.3 is 15.5 Å². The van der Waals surface area contributed by atoms with Gasteiger partial charge in [-0.15, -0.1) is 0 Å². The number of hydrogen-bond donors (Lipinski definition) is 2. The Morgan fingerprint density at radius 1 is 1.11 bits per heavy atom. The number of pyridine rings is 1. The molecule has 0 saturated carbocycles. The van der Waals surface area contributed by atoms with Crippen LogP contribution in [0.4, 0.5) is 0 Å². The number of aromatic nitrogens is 1. The number of amides is 2. The van der Waals surface area contributed by atoms with E-state index in [1.165, 1.54) is 0 Å². The van der Waals surface area contributed by atoms with Gasteiger partial charge in [-0.2, -0.15) is 0 Å². The third-order valence-corrected chi connectivity index (χ3v) is 8.20. The number of piperazine rings is 1. The van der Waals surface area contributed by atoms with Gasteiger partial charge in [0.2, 0.25) is 0 Å². The topological polar surface area (TPSA) is 77.6 Å². The van der Waals surface area contributed by atoms with Crippen LogP contribution in [0.15, 0.2) is 60.5 Å². The maximum absolute atomic E-state index is 13.2. The molecular formula is C30H33N5O2. The molecular weight excluding hydrogens is 462 g/mol. The molecule has 0 bridgehead atoms. The van der Waals surface area contributed by atoms with Crippen LogP contribution in [0.2, 0.25) is 0 Å². The standard InChI is InChI=1S/C30H33N5O2/c1-30(35-15-13-34(2)14-16-35)10-7-23(8-11-30)33-28(36)22-18-26-24(5-6-27(26)32-19-22)20-3-4-25-21(17-20)9-12-31-29(25)37/h3-5,7-8,10,17-19H,6,9,11-16H2,1-2H3,(H,31,37)(H,33,36). The Labute approximate surface area is 217 Å². The van der Waals surface area contributed by atoms with Crippen LogP contribution >= 0.6 is 0 Å². The van der Waals surface area contributed by atoms with Crippen LogP contribution in [0.3, 0.4) is 0 Å². The molecule has 0 radical (unpaired) electrons. The van der Waals surface area contributed by atoms with Gasteiger partial charge in [0.05, 0.1) is 11.3 Å². The number of fused-ring (bicyclic) bond motifs is 2. The molecule has 6 rings (SSSR count). The number of carbonyl (C=O) groups excluding carboxylic acids is 2. The van der Waals surface area contributed by atoms with Crippen molar-refractivity contribution in [3.05, 3.63) is 94.0 Å².